The zero-order valence-corrected chi connectivity index (χ0v) is 10.9. The van der Waals surface area contributed by atoms with Gasteiger partial charge in [0.2, 0.25) is 0 Å². The van der Waals surface area contributed by atoms with Crippen molar-refractivity contribution in [3.05, 3.63) is 22.7 Å². The second-order valence-electron chi connectivity index (χ2n) is 4.90. The van der Waals surface area contributed by atoms with Gasteiger partial charge in [0.1, 0.15) is 5.82 Å². The van der Waals surface area contributed by atoms with Gasteiger partial charge in [-0.1, -0.05) is 12.8 Å². The molecule has 0 aliphatic heterocycles. The molecule has 0 bridgehead atoms. The summed E-state index contributed by atoms with van der Waals surface area (Å²) in [5.74, 6) is 1.28. The molecule has 5 heteroatoms. The number of anilines is 1. The van der Waals surface area contributed by atoms with Gasteiger partial charge in [0, 0.05) is 18.7 Å². The van der Waals surface area contributed by atoms with E-state index in [0.29, 0.717) is 18.5 Å². The Balaban J connectivity index is 2.24. The fraction of sp³-hybridized carbons (Fsp3) is 0.692. The van der Waals surface area contributed by atoms with E-state index in [1.54, 1.807) is 6.07 Å². The van der Waals surface area contributed by atoms with Crippen LogP contribution >= 0.6 is 0 Å². The summed E-state index contributed by atoms with van der Waals surface area (Å²) in [7, 11) is 0. The third kappa shape index (κ3) is 2.72. The lowest BCUT2D eigenvalue weighted by molar-refractivity contribution is 0.299. The molecule has 0 spiro atoms. The first-order chi connectivity index (χ1) is 8.76. The van der Waals surface area contributed by atoms with Crippen molar-refractivity contribution in [2.45, 2.75) is 38.6 Å². The minimum absolute atomic E-state index is 0.0986. The van der Waals surface area contributed by atoms with Crippen molar-refractivity contribution >= 4 is 5.82 Å². The third-order valence-electron chi connectivity index (χ3n) is 3.87. The number of rotatable bonds is 4. The molecule has 5 nitrogen and oxygen atoms in total. The Bertz CT molecular complexity index is 431. The van der Waals surface area contributed by atoms with Gasteiger partial charge in [-0.05, 0) is 32.2 Å². The highest BCUT2D eigenvalue weighted by Crippen LogP contribution is 2.29. The summed E-state index contributed by atoms with van der Waals surface area (Å²) < 4.78 is 0. The average Bonchev–Trinajstić information content (AvgIpc) is 2.40. The summed E-state index contributed by atoms with van der Waals surface area (Å²) in [6.45, 7) is 3.67. The number of H-pyrrole nitrogens is 1. The normalized spacial score (nSPS) is 23.9. The second kappa shape index (κ2) is 6.00. The smallest absolute Gasteiger partial charge is 0.252 e. The van der Waals surface area contributed by atoms with E-state index < -0.39 is 0 Å². The molecule has 3 N–H and O–H groups in total. The molecule has 1 aromatic rings. The predicted molar refractivity (Wildman–Crippen MR) is 72.7 cm³/mol. The van der Waals surface area contributed by atoms with Crippen molar-refractivity contribution < 1.29 is 0 Å². The van der Waals surface area contributed by atoms with Crippen molar-refractivity contribution in [3.8, 4) is 0 Å². The lowest BCUT2D eigenvalue weighted by atomic mass is 9.83. The fourth-order valence-electron chi connectivity index (χ4n) is 2.96. The third-order valence-corrected chi connectivity index (χ3v) is 3.87. The molecule has 2 unspecified atom stereocenters. The molecule has 1 heterocycles. The van der Waals surface area contributed by atoms with Gasteiger partial charge >= 0.3 is 0 Å². The van der Waals surface area contributed by atoms with Crippen LogP contribution in [0.15, 0.2) is 17.2 Å². The number of nitrogens with one attached hydrogen (secondary N) is 1. The molecule has 1 aromatic heterocycles. The molecular weight excluding hydrogens is 228 g/mol. The van der Waals surface area contributed by atoms with Crippen LogP contribution in [0.3, 0.4) is 0 Å². The fourth-order valence-corrected chi connectivity index (χ4v) is 2.96. The van der Waals surface area contributed by atoms with E-state index in [2.05, 4.69) is 21.8 Å². The Kier molecular flexibility index (Phi) is 4.36. The zero-order valence-electron chi connectivity index (χ0n) is 10.9. The molecule has 18 heavy (non-hydrogen) atoms. The molecule has 0 saturated heterocycles. The molecule has 1 aliphatic carbocycles. The molecule has 1 aliphatic rings. The van der Waals surface area contributed by atoms with Crippen LogP contribution in [0.2, 0.25) is 0 Å². The van der Waals surface area contributed by atoms with E-state index >= 15 is 0 Å². The molecule has 0 amide bonds. The van der Waals surface area contributed by atoms with Crippen LogP contribution in [0, 0.1) is 5.92 Å². The minimum Gasteiger partial charge on any atom is -0.353 e. The van der Waals surface area contributed by atoms with Gasteiger partial charge in [-0.2, -0.15) is 0 Å². The number of nitrogens with zero attached hydrogens (tertiary/aromatic N) is 2. The molecular formula is C13H22N4O. The summed E-state index contributed by atoms with van der Waals surface area (Å²) in [5.41, 5.74) is 5.78. The van der Waals surface area contributed by atoms with Crippen LogP contribution in [0.25, 0.3) is 0 Å². The van der Waals surface area contributed by atoms with E-state index in [-0.39, 0.29) is 5.56 Å². The second-order valence-corrected chi connectivity index (χ2v) is 4.90. The summed E-state index contributed by atoms with van der Waals surface area (Å²) in [5, 5.41) is 0. The van der Waals surface area contributed by atoms with Gasteiger partial charge in [0.25, 0.3) is 5.56 Å². The summed E-state index contributed by atoms with van der Waals surface area (Å²) in [6, 6.07) is 1.99. The van der Waals surface area contributed by atoms with Crippen LogP contribution < -0.4 is 16.2 Å². The van der Waals surface area contributed by atoms with E-state index in [9.17, 15) is 4.79 Å². The SMILES string of the molecule is CCN(c1cc(=O)[nH]cn1)C1CCCCC1CN. The number of nitrogens with two attached hydrogens (primary N) is 1. The Morgan fingerprint density at radius 2 is 2.28 bits per heavy atom. The topological polar surface area (TPSA) is 75.0 Å². The molecule has 0 aromatic carbocycles. The summed E-state index contributed by atoms with van der Waals surface area (Å²) in [4.78, 5) is 20.5. The Hall–Kier alpha value is -1.36. The number of hydrogen-bond acceptors (Lipinski definition) is 4. The maximum Gasteiger partial charge on any atom is 0.252 e. The Labute approximate surface area is 107 Å². The van der Waals surface area contributed by atoms with Crippen molar-refractivity contribution in [2.75, 3.05) is 18.0 Å². The van der Waals surface area contributed by atoms with Crippen molar-refractivity contribution in [2.24, 2.45) is 11.7 Å². The number of aromatic amines is 1. The maximum atomic E-state index is 11.4. The standard InChI is InChI=1S/C13H22N4O/c1-2-17(12-7-13(18)16-9-15-12)11-6-4-3-5-10(11)8-14/h7,9-11H,2-6,8,14H2,1H3,(H,15,16,18). The van der Waals surface area contributed by atoms with Crippen molar-refractivity contribution in [3.63, 3.8) is 0 Å². The van der Waals surface area contributed by atoms with Gasteiger partial charge in [0.15, 0.2) is 0 Å². The van der Waals surface area contributed by atoms with E-state index in [0.717, 1.165) is 18.8 Å². The van der Waals surface area contributed by atoms with Crippen LogP contribution in [0.4, 0.5) is 5.82 Å². The monoisotopic (exact) mass is 250 g/mol. The Morgan fingerprint density at radius 3 is 2.94 bits per heavy atom. The molecule has 1 fully saturated rings. The van der Waals surface area contributed by atoms with Crippen LogP contribution in [0.5, 0.6) is 0 Å². The minimum atomic E-state index is -0.0986. The lowest BCUT2D eigenvalue weighted by Gasteiger charge is -2.39. The molecule has 2 atom stereocenters. The number of aromatic nitrogens is 2. The first-order valence-corrected chi connectivity index (χ1v) is 6.77. The van der Waals surface area contributed by atoms with Gasteiger partial charge in [-0.15, -0.1) is 0 Å². The molecule has 1 saturated carbocycles. The molecule has 100 valence electrons. The van der Waals surface area contributed by atoms with Crippen LogP contribution in [-0.4, -0.2) is 29.1 Å². The zero-order chi connectivity index (χ0) is 13.0. The van der Waals surface area contributed by atoms with Gasteiger partial charge in [-0.25, -0.2) is 4.98 Å². The maximum absolute atomic E-state index is 11.4. The lowest BCUT2D eigenvalue weighted by Crippen LogP contribution is -2.45. The quantitative estimate of drug-likeness (QED) is 0.839. The van der Waals surface area contributed by atoms with E-state index in [1.165, 1.54) is 25.6 Å². The van der Waals surface area contributed by atoms with E-state index in [4.69, 9.17) is 5.73 Å². The number of hydrogen-bond donors (Lipinski definition) is 2. The van der Waals surface area contributed by atoms with Crippen LogP contribution in [0.1, 0.15) is 32.6 Å². The van der Waals surface area contributed by atoms with Crippen molar-refractivity contribution in [1.29, 1.82) is 0 Å². The highest BCUT2D eigenvalue weighted by molar-refractivity contribution is 5.38. The van der Waals surface area contributed by atoms with Crippen LogP contribution in [-0.2, 0) is 0 Å². The van der Waals surface area contributed by atoms with Gasteiger partial charge < -0.3 is 15.6 Å². The van der Waals surface area contributed by atoms with Gasteiger partial charge in [0.05, 0.1) is 6.33 Å². The first-order valence-electron chi connectivity index (χ1n) is 6.77. The predicted octanol–water partition coefficient (Wildman–Crippen LogP) is 1.11. The average molecular weight is 250 g/mol. The van der Waals surface area contributed by atoms with E-state index in [1.807, 2.05) is 0 Å². The molecule has 0 radical (unpaired) electrons. The molecule has 2 rings (SSSR count). The summed E-state index contributed by atoms with van der Waals surface area (Å²) >= 11 is 0. The largest absolute Gasteiger partial charge is 0.353 e. The highest BCUT2D eigenvalue weighted by atomic mass is 16.1. The summed E-state index contributed by atoms with van der Waals surface area (Å²) in [6.07, 6.45) is 6.30. The Morgan fingerprint density at radius 1 is 1.50 bits per heavy atom. The van der Waals surface area contributed by atoms with Gasteiger partial charge in [-0.3, -0.25) is 4.79 Å². The first kappa shape index (κ1) is 13.1. The highest BCUT2D eigenvalue weighted by Gasteiger charge is 2.29. The van der Waals surface area contributed by atoms with Crippen molar-refractivity contribution in [1.82, 2.24) is 9.97 Å².